The van der Waals surface area contributed by atoms with Gasteiger partial charge >= 0.3 is 0 Å². The maximum atomic E-state index is 12.7. The molecule has 3 aliphatic carbocycles. The van der Waals surface area contributed by atoms with Gasteiger partial charge in [0.1, 0.15) is 0 Å². The standard InChI is InChI=1S/C24H19Cl2NO3/c25-18-10-5-11-19(26)21(18)22-20-14-6-1-3-8-16(14)24(12-13-28,23(22)27(29)30)17-9-4-2-7-15(17)20/h1-11,20,22-23,28H,12-13H2/t20?,22-,23-,24?/m1/s1. The smallest absolute Gasteiger partial charge is 0.234 e. The van der Waals surface area contributed by atoms with Gasteiger partial charge in [0.2, 0.25) is 6.04 Å². The Morgan fingerprint density at radius 1 is 0.900 bits per heavy atom. The van der Waals surface area contributed by atoms with Crippen LogP contribution < -0.4 is 0 Å². The van der Waals surface area contributed by atoms with Gasteiger partial charge in [-0.25, -0.2) is 0 Å². The van der Waals surface area contributed by atoms with Crippen LogP contribution in [0.25, 0.3) is 0 Å². The second-order valence-electron chi connectivity index (χ2n) is 7.99. The van der Waals surface area contributed by atoms with Crippen LogP contribution in [-0.2, 0) is 5.41 Å². The minimum Gasteiger partial charge on any atom is -0.396 e. The van der Waals surface area contributed by atoms with Gasteiger partial charge in [0, 0.05) is 33.1 Å². The van der Waals surface area contributed by atoms with E-state index >= 15 is 0 Å². The third-order valence-corrected chi connectivity index (χ3v) is 7.48. The summed E-state index contributed by atoms with van der Waals surface area (Å²) in [5.74, 6) is -0.789. The summed E-state index contributed by atoms with van der Waals surface area (Å²) < 4.78 is 0. The molecule has 1 N–H and O–H groups in total. The minimum atomic E-state index is -1.00. The summed E-state index contributed by atoms with van der Waals surface area (Å²) in [7, 11) is 0. The van der Waals surface area contributed by atoms with Gasteiger partial charge in [0.05, 0.1) is 11.3 Å². The molecule has 0 fully saturated rings. The number of aliphatic hydroxyl groups is 1. The molecule has 4 nitrogen and oxygen atoms in total. The van der Waals surface area contributed by atoms with Crippen LogP contribution in [0.1, 0.15) is 46.1 Å². The van der Waals surface area contributed by atoms with Gasteiger partial charge in [-0.2, -0.15) is 0 Å². The Morgan fingerprint density at radius 3 is 1.93 bits per heavy atom. The van der Waals surface area contributed by atoms with E-state index in [2.05, 4.69) is 0 Å². The lowest BCUT2D eigenvalue weighted by Crippen LogP contribution is -2.58. The Bertz CT molecular complexity index is 1090. The fourth-order valence-electron chi connectivity index (χ4n) is 5.91. The highest BCUT2D eigenvalue weighted by Gasteiger charge is 2.65. The second kappa shape index (κ2) is 7.09. The van der Waals surface area contributed by atoms with Gasteiger partial charge in [-0.15, -0.1) is 0 Å². The van der Waals surface area contributed by atoms with Crippen molar-refractivity contribution in [3.63, 3.8) is 0 Å². The molecule has 0 radical (unpaired) electrons. The molecular formula is C24H19Cl2NO3. The summed E-state index contributed by atoms with van der Waals surface area (Å²) in [6, 6.07) is 20.0. The first kappa shape index (κ1) is 19.6. The molecule has 6 rings (SSSR count). The quantitative estimate of drug-likeness (QED) is 0.428. The molecule has 0 unspecified atom stereocenters. The van der Waals surface area contributed by atoms with Crippen LogP contribution in [0.4, 0.5) is 0 Å². The molecular weight excluding hydrogens is 421 g/mol. The zero-order valence-electron chi connectivity index (χ0n) is 16.0. The SMILES string of the molecule is O=[N+]([O-])[C@@H]1[C@@H](c2c(Cl)cccc2Cl)C2c3ccccc3C1(CCO)c1ccccc12. The van der Waals surface area contributed by atoms with Crippen molar-refractivity contribution in [2.45, 2.75) is 29.7 Å². The van der Waals surface area contributed by atoms with Gasteiger partial charge in [-0.3, -0.25) is 10.1 Å². The number of benzene rings is 3. The van der Waals surface area contributed by atoms with Crippen LogP contribution in [0.15, 0.2) is 66.7 Å². The number of hydrogen-bond donors (Lipinski definition) is 1. The fraction of sp³-hybridized carbons (Fsp3) is 0.250. The van der Waals surface area contributed by atoms with Crippen LogP contribution in [-0.4, -0.2) is 22.7 Å². The molecule has 0 heterocycles. The van der Waals surface area contributed by atoms with Crippen LogP contribution in [0, 0.1) is 10.1 Å². The molecule has 0 aliphatic heterocycles. The van der Waals surface area contributed by atoms with Crippen molar-refractivity contribution in [3.05, 3.63) is 115 Å². The van der Waals surface area contributed by atoms with Crippen molar-refractivity contribution in [2.75, 3.05) is 6.61 Å². The maximum absolute atomic E-state index is 12.7. The first-order chi connectivity index (χ1) is 14.5. The summed E-state index contributed by atoms with van der Waals surface area (Å²) in [6.07, 6.45) is 0.248. The molecule has 0 saturated heterocycles. The number of hydrogen-bond acceptors (Lipinski definition) is 3. The Morgan fingerprint density at radius 2 is 1.43 bits per heavy atom. The normalized spacial score (nSPS) is 26.2. The number of nitrogens with zero attached hydrogens (tertiary/aromatic N) is 1. The van der Waals surface area contributed by atoms with Crippen molar-refractivity contribution in [1.82, 2.24) is 0 Å². The molecule has 152 valence electrons. The third-order valence-electron chi connectivity index (χ3n) is 6.82. The van der Waals surface area contributed by atoms with Crippen molar-refractivity contribution >= 4 is 23.2 Å². The Labute approximate surface area is 184 Å². The number of rotatable bonds is 4. The molecule has 0 saturated carbocycles. The molecule has 2 bridgehead atoms. The van der Waals surface area contributed by atoms with Crippen LogP contribution >= 0.6 is 23.2 Å². The van der Waals surface area contributed by atoms with E-state index in [1.54, 1.807) is 18.2 Å². The predicted molar refractivity (Wildman–Crippen MR) is 117 cm³/mol. The number of aliphatic hydroxyl groups excluding tert-OH is 1. The van der Waals surface area contributed by atoms with E-state index in [0.717, 1.165) is 22.3 Å². The summed E-state index contributed by atoms with van der Waals surface area (Å²) in [4.78, 5) is 12.5. The highest BCUT2D eigenvalue weighted by atomic mass is 35.5. The lowest BCUT2D eigenvalue weighted by atomic mass is 9.47. The monoisotopic (exact) mass is 439 g/mol. The van der Waals surface area contributed by atoms with Crippen LogP contribution in [0.2, 0.25) is 10.0 Å². The first-order valence-electron chi connectivity index (χ1n) is 9.89. The van der Waals surface area contributed by atoms with Gasteiger partial charge in [0.15, 0.2) is 0 Å². The average molecular weight is 440 g/mol. The fourth-order valence-corrected chi connectivity index (χ4v) is 6.56. The maximum Gasteiger partial charge on any atom is 0.234 e. The number of nitro groups is 1. The molecule has 3 aromatic rings. The molecule has 3 aromatic carbocycles. The topological polar surface area (TPSA) is 63.4 Å². The van der Waals surface area contributed by atoms with Crippen LogP contribution in [0.5, 0.6) is 0 Å². The summed E-state index contributed by atoms with van der Waals surface area (Å²) >= 11 is 13.2. The van der Waals surface area contributed by atoms with Gasteiger partial charge < -0.3 is 5.11 Å². The van der Waals surface area contributed by atoms with E-state index in [4.69, 9.17) is 23.2 Å². The molecule has 30 heavy (non-hydrogen) atoms. The Balaban J connectivity index is 1.93. The van der Waals surface area contributed by atoms with Gasteiger partial charge in [-0.05, 0) is 40.8 Å². The highest BCUT2D eigenvalue weighted by Crippen LogP contribution is 2.64. The van der Waals surface area contributed by atoms with Gasteiger partial charge in [0.25, 0.3) is 0 Å². The van der Waals surface area contributed by atoms with Gasteiger partial charge in [-0.1, -0.05) is 77.8 Å². The average Bonchev–Trinajstić information content (AvgIpc) is 2.74. The molecule has 6 heteroatoms. The number of fused-ring (bicyclic) bond motifs is 1. The lowest BCUT2D eigenvalue weighted by Gasteiger charge is -2.54. The second-order valence-corrected chi connectivity index (χ2v) is 8.80. The largest absolute Gasteiger partial charge is 0.396 e. The summed E-state index contributed by atoms with van der Waals surface area (Å²) in [5, 5.41) is 23.6. The molecule has 2 atom stereocenters. The Hall–Kier alpha value is -2.40. The first-order valence-corrected chi connectivity index (χ1v) is 10.6. The molecule has 0 aromatic heterocycles. The van der Waals surface area contributed by atoms with E-state index in [-0.39, 0.29) is 23.9 Å². The zero-order chi connectivity index (χ0) is 21.0. The zero-order valence-corrected chi connectivity index (χ0v) is 17.5. The highest BCUT2D eigenvalue weighted by molar-refractivity contribution is 6.36. The van der Waals surface area contributed by atoms with E-state index in [9.17, 15) is 15.2 Å². The van der Waals surface area contributed by atoms with Crippen molar-refractivity contribution in [2.24, 2.45) is 0 Å². The van der Waals surface area contributed by atoms with Crippen molar-refractivity contribution < 1.29 is 10.0 Å². The summed E-state index contributed by atoms with van der Waals surface area (Å²) in [5.41, 5.74) is 3.58. The molecule has 0 amide bonds. The lowest BCUT2D eigenvalue weighted by molar-refractivity contribution is -0.540. The van der Waals surface area contributed by atoms with E-state index in [0.29, 0.717) is 15.6 Å². The molecule has 3 aliphatic rings. The van der Waals surface area contributed by atoms with E-state index in [1.807, 2.05) is 48.5 Å². The third kappa shape index (κ3) is 2.45. The minimum absolute atomic E-state index is 0.166. The molecule has 0 spiro atoms. The predicted octanol–water partition coefficient (Wildman–Crippen LogP) is 5.55. The summed E-state index contributed by atoms with van der Waals surface area (Å²) in [6.45, 7) is -0.166. The number of halogens is 2. The van der Waals surface area contributed by atoms with Crippen molar-refractivity contribution in [1.29, 1.82) is 0 Å². The van der Waals surface area contributed by atoms with E-state index in [1.165, 1.54) is 0 Å². The Kier molecular flexibility index (Phi) is 4.62. The van der Waals surface area contributed by atoms with E-state index < -0.39 is 17.4 Å². The van der Waals surface area contributed by atoms with Crippen LogP contribution in [0.3, 0.4) is 0 Å². The van der Waals surface area contributed by atoms with Crippen molar-refractivity contribution in [3.8, 4) is 0 Å².